The molecule has 4 nitrogen and oxygen atoms in total. The topological polar surface area (TPSA) is 31.7 Å². The molecule has 2 aliphatic rings. The summed E-state index contributed by atoms with van der Waals surface area (Å²) in [7, 11) is 8.53. The average molecular weight is 340 g/mol. The normalized spacial score (nSPS) is 19.2. The highest BCUT2D eigenvalue weighted by Crippen LogP contribution is 2.38. The monoisotopic (exact) mass is 340 g/mol. The van der Waals surface area contributed by atoms with Gasteiger partial charge in [0.2, 0.25) is 0 Å². The summed E-state index contributed by atoms with van der Waals surface area (Å²) in [5, 5.41) is 0. The van der Waals surface area contributed by atoms with Crippen LogP contribution in [0.15, 0.2) is 83.3 Å². The molecular weight excluding hydrogens is 319 g/mol. The molecule has 128 valence electrons. The van der Waals surface area contributed by atoms with Crippen LogP contribution in [0.3, 0.4) is 0 Å². The molecule has 3 heterocycles. The number of nitrogens with zero attached hydrogens (tertiary/aromatic N) is 4. The van der Waals surface area contributed by atoms with E-state index in [1.54, 1.807) is 0 Å². The molecule has 1 aromatic carbocycles. The number of amidine groups is 1. The zero-order valence-electron chi connectivity index (χ0n) is 15.0. The molecule has 0 saturated carbocycles. The van der Waals surface area contributed by atoms with E-state index in [0.717, 1.165) is 42.2 Å². The van der Waals surface area contributed by atoms with E-state index >= 15 is 0 Å². The first-order valence-corrected chi connectivity index (χ1v) is 8.84. The van der Waals surface area contributed by atoms with Gasteiger partial charge in [0.05, 0.1) is 17.1 Å². The molecule has 0 amide bonds. The van der Waals surface area contributed by atoms with E-state index in [4.69, 9.17) is 12.8 Å². The molecule has 2 aromatic rings. The number of rotatable bonds is 3. The van der Waals surface area contributed by atoms with Crippen molar-refractivity contribution in [2.75, 3.05) is 20.1 Å². The maximum Gasteiger partial charge on any atom is 0.167 e. The van der Waals surface area contributed by atoms with Crippen molar-refractivity contribution in [1.82, 2.24) is 14.8 Å². The van der Waals surface area contributed by atoms with Crippen LogP contribution in [0.25, 0.3) is 0 Å². The zero-order chi connectivity index (χ0) is 18.1. The highest BCUT2D eigenvalue weighted by molar-refractivity contribution is 6.59. The Hall–Kier alpha value is -2.66. The second-order valence-corrected chi connectivity index (χ2v) is 6.77. The smallest absolute Gasteiger partial charge is 0.167 e. The molecule has 0 saturated heterocycles. The van der Waals surface area contributed by atoms with Crippen molar-refractivity contribution in [3.05, 3.63) is 89.5 Å². The Morgan fingerprint density at radius 3 is 2.62 bits per heavy atom. The third-order valence-corrected chi connectivity index (χ3v) is 4.99. The number of hydrogen-bond acceptors (Lipinski definition) is 4. The predicted octanol–water partition coefficient (Wildman–Crippen LogP) is 3.11. The SMILES string of the molecule is [B]C1=NC2=C(CCN(C)C2)C(=C)N1C(c1ccccc1)c1ccccn1. The molecule has 1 atom stereocenters. The standard InChI is InChI=1S/C21H21BN4/c1-15-17-11-13-25(2)14-19(17)24-21(22)26(15)20(16-8-4-3-5-9-16)18-10-6-7-12-23-18/h3-10,12,20H,1,11,13-14H2,2H3. The number of pyridine rings is 1. The van der Waals surface area contributed by atoms with Crippen molar-refractivity contribution in [3.8, 4) is 0 Å². The quantitative estimate of drug-likeness (QED) is 0.805. The minimum Gasteiger partial charge on any atom is -0.326 e. The van der Waals surface area contributed by atoms with Crippen molar-refractivity contribution in [1.29, 1.82) is 0 Å². The largest absolute Gasteiger partial charge is 0.326 e. The molecule has 2 aliphatic heterocycles. The van der Waals surface area contributed by atoms with Crippen LogP contribution in [-0.2, 0) is 0 Å². The Balaban J connectivity index is 1.80. The molecule has 26 heavy (non-hydrogen) atoms. The van der Waals surface area contributed by atoms with Crippen molar-refractivity contribution >= 4 is 13.6 Å². The fourth-order valence-corrected chi connectivity index (χ4v) is 3.68. The maximum absolute atomic E-state index is 6.43. The summed E-state index contributed by atoms with van der Waals surface area (Å²) in [4.78, 5) is 13.6. The van der Waals surface area contributed by atoms with Crippen molar-refractivity contribution in [2.24, 2.45) is 4.99 Å². The fraction of sp³-hybridized carbons (Fsp3) is 0.238. The third kappa shape index (κ3) is 2.99. The third-order valence-electron chi connectivity index (χ3n) is 4.99. The summed E-state index contributed by atoms with van der Waals surface area (Å²) >= 11 is 0. The molecule has 1 aromatic heterocycles. The van der Waals surface area contributed by atoms with E-state index in [2.05, 4.69) is 35.6 Å². The van der Waals surface area contributed by atoms with Gasteiger partial charge in [-0.1, -0.05) is 43.0 Å². The number of aliphatic imine (C=N–C) groups is 1. The first-order chi connectivity index (χ1) is 12.6. The predicted molar refractivity (Wildman–Crippen MR) is 106 cm³/mol. The molecular formula is C21H21BN4. The van der Waals surface area contributed by atoms with Crippen LogP contribution in [-0.4, -0.2) is 48.5 Å². The van der Waals surface area contributed by atoms with Crippen LogP contribution in [0, 0.1) is 0 Å². The van der Waals surface area contributed by atoms with Crippen LogP contribution in [0.1, 0.15) is 23.7 Å². The number of benzene rings is 1. The minimum absolute atomic E-state index is 0.151. The van der Waals surface area contributed by atoms with Crippen molar-refractivity contribution in [3.63, 3.8) is 0 Å². The number of likely N-dealkylation sites (N-methyl/N-ethyl adjacent to an activating group) is 1. The summed E-state index contributed by atoms with van der Waals surface area (Å²) in [5.41, 5.74) is 5.68. The van der Waals surface area contributed by atoms with Crippen molar-refractivity contribution in [2.45, 2.75) is 12.5 Å². The molecule has 0 fully saturated rings. The first-order valence-electron chi connectivity index (χ1n) is 8.84. The Bertz CT molecular complexity index is 834. The first kappa shape index (κ1) is 16.8. The lowest BCUT2D eigenvalue weighted by atomic mass is 9.91. The Kier molecular flexibility index (Phi) is 4.47. The average Bonchev–Trinajstić information content (AvgIpc) is 2.66. The van der Waals surface area contributed by atoms with Crippen LogP contribution >= 0.6 is 0 Å². The number of hydrogen-bond donors (Lipinski definition) is 0. The maximum atomic E-state index is 6.43. The van der Waals surface area contributed by atoms with Gasteiger partial charge >= 0.3 is 0 Å². The van der Waals surface area contributed by atoms with Gasteiger partial charge in [-0.05, 0) is 36.7 Å². The molecule has 0 aliphatic carbocycles. The van der Waals surface area contributed by atoms with E-state index in [-0.39, 0.29) is 6.04 Å². The van der Waals surface area contributed by atoms with Crippen LogP contribution in [0.2, 0.25) is 0 Å². The van der Waals surface area contributed by atoms with E-state index < -0.39 is 0 Å². The summed E-state index contributed by atoms with van der Waals surface area (Å²) in [6, 6.07) is 16.1. The Morgan fingerprint density at radius 1 is 1.12 bits per heavy atom. The number of aromatic nitrogens is 1. The molecule has 0 bridgehead atoms. The number of allylic oxidation sites excluding steroid dienone is 1. The van der Waals surface area contributed by atoms with E-state index in [1.165, 1.54) is 5.57 Å². The zero-order valence-corrected chi connectivity index (χ0v) is 15.0. The fourth-order valence-electron chi connectivity index (χ4n) is 3.68. The van der Waals surface area contributed by atoms with E-state index in [0.29, 0.717) is 5.73 Å². The van der Waals surface area contributed by atoms with Gasteiger partial charge in [-0.3, -0.25) is 9.98 Å². The van der Waals surface area contributed by atoms with Gasteiger partial charge in [0.25, 0.3) is 0 Å². The van der Waals surface area contributed by atoms with Gasteiger partial charge in [-0.25, -0.2) is 0 Å². The summed E-state index contributed by atoms with van der Waals surface area (Å²) in [6.45, 7) is 6.20. The van der Waals surface area contributed by atoms with Crippen LogP contribution in [0.5, 0.6) is 0 Å². The van der Waals surface area contributed by atoms with Gasteiger partial charge in [-0.2, -0.15) is 0 Å². The van der Waals surface area contributed by atoms with E-state index in [1.807, 2.05) is 47.5 Å². The van der Waals surface area contributed by atoms with Gasteiger partial charge in [0.1, 0.15) is 6.04 Å². The summed E-state index contributed by atoms with van der Waals surface area (Å²) < 4.78 is 0. The summed E-state index contributed by atoms with van der Waals surface area (Å²) in [5.74, 6) is 0. The Morgan fingerprint density at radius 2 is 1.88 bits per heavy atom. The van der Waals surface area contributed by atoms with Gasteiger partial charge in [-0.15, -0.1) is 0 Å². The lowest BCUT2D eigenvalue weighted by Gasteiger charge is -2.41. The molecule has 0 N–H and O–H groups in total. The van der Waals surface area contributed by atoms with Crippen molar-refractivity contribution < 1.29 is 0 Å². The second-order valence-electron chi connectivity index (χ2n) is 6.77. The molecule has 1 unspecified atom stereocenters. The second kappa shape index (κ2) is 6.92. The minimum atomic E-state index is -0.151. The molecule has 0 spiro atoms. The highest BCUT2D eigenvalue weighted by Gasteiger charge is 2.33. The highest BCUT2D eigenvalue weighted by atomic mass is 15.3. The van der Waals surface area contributed by atoms with E-state index in [9.17, 15) is 0 Å². The van der Waals surface area contributed by atoms with Crippen LogP contribution in [0.4, 0.5) is 0 Å². The molecule has 5 heteroatoms. The lowest BCUT2D eigenvalue weighted by Crippen LogP contribution is -2.41. The Labute approximate surface area is 156 Å². The van der Waals surface area contributed by atoms with Gasteiger partial charge in [0.15, 0.2) is 7.85 Å². The van der Waals surface area contributed by atoms with Crippen LogP contribution < -0.4 is 0 Å². The lowest BCUT2D eigenvalue weighted by molar-refractivity contribution is 0.334. The van der Waals surface area contributed by atoms with Gasteiger partial charge in [0, 0.05) is 25.0 Å². The van der Waals surface area contributed by atoms with Gasteiger partial charge < -0.3 is 9.80 Å². The molecule has 2 radical (unpaired) electrons. The summed E-state index contributed by atoms with van der Waals surface area (Å²) in [6.07, 6.45) is 2.74. The molecule has 4 rings (SSSR count).